The van der Waals surface area contributed by atoms with Gasteiger partial charge in [-0.15, -0.1) is 0 Å². The molecule has 2 aromatic rings. The Labute approximate surface area is 132 Å². The minimum atomic E-state index is 0.710. The third kappa shape index (κ3) is 3.47. The largest absolute Gasteiger partial charge is 0.363 e. The summed E-state index contributed by atoms with van der Waals surface area (Å²) in [6.07, 6.45) is 8.26. The van der Waals surface area contributed by atoms with Crippen molar-refractivity contribution in [1.82, 2.24) is 19.4 Å². The summed E-state index contributed by atoms with van der Waals surface area (Å²) in [5.41, 5.74) is 1.32. The summed E-state index contributed by atoms with van der Waals surface area (Å²) in [6.45, 7) is 3.19. The Balaban J connectivity index is 1.57. The summed E-state index contributed by atoms with van der Waals surface area (Å²) in [5, 5.41) is 0. The number of rotatable bonds is 5. The molecule has 0 spiro atoms. The van der Waals surface area contributed by atoms with E-state index in [0.717, 1.165) is 31.9 Å². The van der Waals surface area contributed by atoms with Crippen molar-refractivity contribution in [2.75, 3.05) is 32.6 Å². The second-order valence-corrected chi connectivity index (χ2v) is 6.51. The van der Waals surface area contributed by atoms with Crippen LogP contribution in [-0.4, -0.2) is 47.1 Å². The molecular weight excluding hydrogens is 274 g/mol. The lowest BCUT2D eigenvalue weighted by molar-refractivity contribution is 0.229. The molecule has 3 heterocycles. The first-order chi connectivity index (χ1) is 10.6. The minimum Gasteiger partial charge on any atom is -0.363 e. The molecule has 2 aromatic heterocycles. The highest BCUT2D eigenvalue weighted by molar-refractivity contribution is 5.38. The van der Waals surface area contributed by atoms with Gasteiger partial charge < -0.3 is 14.4 Å². The minimum absolute atomic E-state index is 0.710. The number of fused-ring (bicyclic) bond motifs is 1. The van der Waals surface area contributed by atoms with E-state index in [1.54, 1.807) is 0 Å². The lowest BCUT2D eigenvalue weighted by atomic mass is 9.99. The molecule has 0 amide bonds. The summed E-state index contributed by atoms with van der Waals surface area (Å²) in [5.74, 6) is 2.97. The lowest BCUT2D eigenvalue weighted by Crippen LogP contribution is -2.31. The average molecular weight is 299 g/mol. The molecule has 5 heteroatoms. The third-order valence-corrected chi connectivity index (χ3v) is 4.32. The molecule has 1 aliphatic rings. The van der Waals surface area contributed by atoms with Crippen molar-refractivity contribution in [3.05, 3.63) is 42.1 Å². The Morgan fingerprint density at radius 2 is 2.09 bits per heavy atom. The predicted molar refractivity (Wildman–Crippen MR) is 88.9 cm³/mol. The van der Waals surface area contributed by atoms with Crippen LogP contribution in [0.25, 0.3) is 0 Å². The van der Waals surface area contributed by atoms with Gasteiger partial charge >= 0.3 is 0 Å². The second kappa shape index (κ2) is 6.48. The van der Waals surface area contributed by atoms with E-state index in [9.17, 15) is 0 Å². The van der Waals surface area contributed by atoms with Gasteiger partial charge in [-0.2, -0.15) is 0 Å². The Bertz CT molecular complexity index is 619. The molecule has 5 nitrogen and oxygen atoms in total. The molecule has 0 radical (unpaired) electrons. The summed E-state index contributed by atoms with van der Waals surface area (Å²) < 4.78 is 2.30. The van der Waals surface area contributed by atoms with Crippen molar-refractivity contribution in [2.24, 2.45) is 5.92 Å². The maximum atomic E-state index is 4.40. The van der Waals surface area contributed by atoms with Gasteiger partial charge in [0.15, 0.2) is 0 Å². The second-order valence-electron chi connectivity index (χ2n) is 6.51. The molecule has 0 bridgehead atoms. The molecule has 1 atom stereocenters. The number of aryl methyl sites for hydroxylation is 1. The summed E-state index contributed by atoms with van der Waals surface area (Å²) in [4.78, 5) is 13.2. The van der Waals surface area contributed by atoms with E-state index in [2.05, 4.69) is 44.8 Å². The zero-order chi connectivity index (χ0) is 15.5. The Hall–Kier alpha value is -1.88. The zero-order valence-corrected chi connectivity index (χ0v) is 13.7. The normalized spacial score (nSPS) is 17.5. The molecule has 0 fully saturated rings. The van der Waals surface area contributed by atoms with E-state index < -0.39 is 0 Å². The molecule has 118 valence electrons. The van der Waals surface area contributed by atoms with Gasteiger partial charge in [0.2, 0.25) is 0 Å². The van der Waals surface area contributed by atoms with Gasteiger partial charge in [-0.25, -0.2) is 9.97 Å². The topological polar surface area (TPSA) is 37.2 Å². The van der Waals surface area contributed by atoms with E-state index >= 15 is 0 Å². The lowest BCUT2D eigenvalue weighted by Gasteiger charge is -2.28. The summed E-state index contributed by atoms with van der Waals surface area (Å²) >= 11 is 0. The van der Waals surface area contributed by atoms with Crippen molar-refractivity contribution >= 4 is 5.82 Å². The highest BCUT2D eigenvalue weighted by Gasteiger charge is 2.20. The number of pyridine rings is 1. The van der Waals surface area contributed by atoms with E-state index in [-0.39, 0.29) is 0 Å². The first-order valence-electron chi connectivity index (χ1n) is 7.92. The first kappa shape index (κ1) is 15.0. The van der Waals surface area contributed by atoms with Crippen molar-refractivity contribution in [3.63, 3.8) is 0 Å². The van der Waals surface area contributed by atoms with Gasteiger partial charge in [-0.3, -0.25) is 0 Å². The van der Waals surface area contributed by atoms with Crippen LogP contribution in [0, 0.1) is 5.92 Å². The van der Waals surface area contributed by atoms with E-state index in [0.29, 0.717) is 5.92 Å². The van der Waals surface area contributed by atoms with Gasteiger partial charge in [0.1, 0.15) is 11.6 Å². The van der Waals surface area contributed by atoms with Crippen LogP contribution in [0.3, 0.4) is 0 Å². The van der Waals surface area contributed by atoms with E-state index in [1.807, 2.05) is 31.4 Å². The van der Waals surface area contributed by atoms with Crippen LogP contribution in [0.15, 0.2) is 30.7 Å². The number of hydrogen-bond donors (Lipinski definition) is 0. The zero-order valence-electron chi connectivity index (χ0n) is 13.7. The molecule has 0 N–H and O–H groups in total. The van der Waals surface area contributed by atoms with Crippen LogP contribution in [0.4, 0.5) is 5.82 Å². The monoisotopic (exact) mass is 299 g/mol. The van der Waals surface area contributed by atoms with Gasteiger partial charge in [-0.1, -0.05) is 0 Å². The predicted octanol–water partition coefficient (Wildman–Crippen LogP) is 2.04. The maximum Gasteiger partial charge on any atom is 0.128 e. The number of anilines is 1. The highest BCUT2D eigenvalue weighted by Crippen LogP contribution is 2.20. The molecule has 0 aromatic carbocycles. The Kier molecular flexibility index (Phi) is 4.43. The number of nitrogens with zero attached hydrogens (tertiary/aromatic N) is 5. The van der Waals surface area contributed by atoms with Crippen LogP contribution in [0.2, 0.25) is 0 Å². The van der Waals surface area contributed by atoms with Crippen LogP contribution in [0.5, 0.6) is 0 Å². The first-order valence-corrected chi connectivity index (χ1v) is 7.92. The van der Waals surface area contributed by atoms with Gasteiger partial charge in [0, 0.05) is 58.7 Å². The number of aromatic nitrogens is 3. The average Bonchev–Trinajstić information content (AvgIpc) is 2.95. The number of imidazole rings is 1. The molecule has 22 heavy (non-hydrogen) atoms. The van der Waals surface area contributed by atoms with Crippen LogP contribution < -0.4 is 4.90 Å². The molecule has 0 unspecified atom stereocenters. The Morgan fingerprint density at radius 1 is 1.23 bits per heavy atom. The third-order valence-electron chi connectivity index (χ3n) is 4.32. The Morgan fingerprint density at radius 3 is 2.91 bits per heavy atom. The highest BCUT2D eigenvalue weighted by atomic mass is 15.1. The smallest absolute Gasteiger partial charge is 0.128 e. The van der Waals surface area contributed by atoms with Crippen LogP contribution in [0.1, 0.15) is 17.8 Å². The van der Waals surface area contributed by atoms with E-state index in [4.69, 9.17) is 0 Å². The van der Waals surface area contributed by atoms with Crippen molar-refractivity contribution in [2.45, 2.75) is 25.9 Å². The quantitative estimate of drug-likeness (QED) is 0.847. The molecular formula is C17H25N5. The molecule has 3 rings (SSSR count). The van der Waals surface area contributed by atoms with Gasteiger partial charge in [-0.05, 0) is 37.1 Å². The van der Waals surface area contributed by atoms with E-state index in [1.165, 1.54) is 17.8 Å². The van der Waals surface area contributed by atoms with Crippen molar-refractivity contribution in [1.29, 1.82) is 0 Å². The standard InChI is InChI=1S/C17H25N5/c1-20(2)17-10-14(6-7-18-17)11-21(3)12-15-4-5-16-19-8-9-22(16)13-15/h6-10,15H,4-5,11-13H2,1-3H3/t15-/m0/s1. The molecule has 0 aliphatic carbocycles. The maximum absolute atomic E-state index is 4.40. The molecule has 0 saturated heterocycles. The van der Waals surface area contributed by atoms with Crippen LogP contribution in [-0.2, 0) is 19.5 Å². The summed E-state index contributed by atoms with van der Waals surface area (Å²) in [6, 6.07) is 4.28. The number of hydrogen-bond acceptors (Lipinski definition) is 4. The molecule has 1 aliphatic heterocycles. The fourth-order valence-corrected chi connectivity index (χ4v) is 3.21. The SMILES string of the molecule is CN(Cc1ccnc(N(C)C)c1)C[C@@H]1CCc2nccn2C1. The molecule has 0 saturated carbocycles. The fraction of sp³-hybridized carbons (Fsp3) is 0.529. The van der Waals surface area contributed by atoms with Gasteiger partial charge in [0.25, 0.3) is 0 Å². The van der Waals surface area contributed by atoms with Crippen molar-refractivity contribution < 1.29 is 0 Å². The van der Waals surface area contributed by atoms with Crippen LogP contribution >= 0.6 is 0 Å². The summed E-state index contributed by atoms with van der Waals surface area (Å²) in [7, 11) is 6.26. The fourth-order valence-electron chi connectivity index (χ4n) is 3.21. The van der Waals surface area contributed by atoms with Gasteiger partial charge in [0.05, 0.1) is 0 Å². The van der Waals surface area contributed by atoms with Crippen molar-refractivity contribution in [3.8, 4) is 0 Å².